The Morgan fingerprint density at radius 2 is 2.25 bits per heavy atom. The molecule has 1 aliphatic carbocycles. The molecule has 0 saturated heterocycles. The second kappa shape index (κ2) is 4.12. The summed E-state index contributed by atoms with van der Waals surface area (Å²) in [6.45, 7) is 1.95. The van der Waals surface area contributed by atoms with E-state index in [4.69, 9.17) is 0 Å². The number of carbonyl (C=O) groups is 1. The molecule has 16 heavy (non-hydrogen) atoms. The quantitative estimate of drug-likeness (QED) is 0.572. The Balaban J connectivity index is 2.23. The standard InChI is InChI=1S/C12H17N3O/c1-9-13-8-11(15(9)10-4-5-10)12(16)6-7-14(2)3/h6-8,10H,4-5H2,1-3H3. The largest absolute Gasteiger partial charge is 0.383 e. The predicted molar refractivity (Wildman–Crippen MR) is 62.4 cm³/mol. The number of ketones is 1. The second-order valence-corrected chi connectivity index (χ2v) is 4.44. The van der Waals surface area contributed by atoms with Gasteiger partial charge in [-0.2, -0.15) is 0 Å². The van der Waals surface area contributed by atoms with E-state index in [-0.39, 0.29) is 5.78 Å². The maximum Gasteiger partial charge on any atom is 0.205 e. The van der Waals surface area contributed by atoms with E-state index in [1.165, 1.54) is 0 Å². The number of carbonyl (C=O) groups excluding carboxylic acids is 1. The van der Waals surface area contributed by atoms with Gasteiger partial charge in [-0.15, -0.1) is 0 Å². The van der Waals surface area contributed by atoms with Gasteiger partial charge >= 0.3 is 0 Å². The average molecular weight is 219 g/mol. The van der Waals surface area contributed by atoms with Crippen LogP contribution in [0.3, 0.4) is 0 Å². The summed E-state index contributed by atoms with van der Waals surface area (Å²) in [7, 11) is 3.79. The van der Waals surface area contributed by atoms with Crippen molar-refractivity contribution in [1.29, 1.82) is 0 Å². The maximum atomic E-state index is 11.9. The minimum Gasteiger partial charge on any atom is -0.383 e. The Morgan fingerprint density at radius 1 is 1.56 bits per heavy atom. The fourth-order valence-corrected chi connectivity index (χ4v) is 1.73. The van der Waals surface area contributed by atoms with Gasteiger partial charge in [-0.25, -0.2) is 4.98 Å². The molecule has 4 nitrogen and oxygen atoms in total. The third-order valence-corrected chi connectivity index (χ3v) is 2.67. The molecule has 0 radical (unpaired) electrons. The highest BCUT2D eigenvalue weighted by Crippen LogP contribution is 2.36. The van der Waals surface area contributed by atoms with Crippen molar-refractivity contribution in [2.75, 3.05) is 14.1 Å². The molecule has 1 aromatic rings. The number of aryl methyl sites for hydroxylation is 1. The van der Waals surface area contributed by atoms with Crippen molar-refractivity contribution in [2.45, 2.75) is 25.8 Å². The lowest BCUT2D eigenvalue weighted by Crippen LogP contribution is -2.09. The first-order valence-corrected chi connectivity index (χ1v) is 5.52. The summed E-state index contributed by atoms with van der Waals surface area (Å²) >= 11 is 0. The average Bonchev–Trinajstić information content (AvgIpc) is 2.99. The zero-order valence-electron chi connectivity index (χ0n) is 9.97. The van der Waals surface area contributed by atoms with E-state index in [9.17, 15) is 4.79 Å². The Hall–Kier alpha value is -1.58. The molecule has 0 atom stereocenters. The van der Waals surface area contributed by atoms with E-state index in [1.54, 1.807) is 18.5 Å². The lowest BCUT2D eigenvalue weighted by Gasteiger charge is -2.06. The highest BCUT2D eigenvalue weighted by molar-refractivity contribution is 6.03. The zero-order valence-corrected chi connectivity index (χ0v) is 9.97. The minimum absolute atomic E-state index is 0.0289. The van der Waals surface area contributed by atoms with Gasteiger partial charge in [-0.05, 0) is 19.8 Å². The minimum atomic E-state index is 0.0289. The molecule has 1 aliphatic rings. The second-order valence-electron chi connectivity index (χ2n) is 4.44. The summed E-state index contributed by atoms with van der Waals surface area (Å²) in [6.07, 6.45) is 7.36. The molecular weight excluding hydrogens is 202 g/mol. The van der Waals surface area contributed by atoms with Crippen LogP contribution in [0.25, 0.3) is 0 Å². The van der Waals surface area contributed by atoms with Crippen LogP contribution in [0, 0.1) is 6.92 Å². The number of aromatic nitrogens is 2. The normalized spacial score (nSPS) is 15.7. The van der Waals surface area contributed by atoms with Crippen LogP contribution in [0.15, 0.2) is 18.5 Å². The van der Waals surface area contributed by atoms with Crippen molar-refractivity contribution >= 4 is 5.78 Å². The summed E-state index contributed by atoms with van der Waals surface area (Å²) in [4.78, 5) is 18.0. The van der Waals surface area contributed by atoms with Crippen LogP contribution in [0.4, 0.5) is 0 Å². The van der Waals surface area contributed by atoms with Gasteiger partial charge in [0.1, 0.15) is 11.5 Å². The first-order valence-electron chi connectivity index (χ1n) is 5.52. The Bertz CT molecular complexity index is 427. The molecule has 2 rings (SSSR count). The zero-order chi connectivity index (χ0) is 11.7. The van der Waals surface area contributed by atoms with Crippen LogP contribution in [0.1, 0.15) is 35.2 Å². The molecule has 0 bridgehead atoms. The number of rotatable bonds is 4. The molecule has 1 saturated carbocycles. The van der Waals surface area contributed by atoms with Crippen molar-refractivity contribution in [1.82, 2.24) is 14.5 Å². The topological polar surface area (TPSA) is 38.1 Å². The Morgan fingerprint density at radius 3 is 2.81 bits per heavy atom. The van der Waals surface area contributed by atoms with Crippen LogP contribution in [-0.4, -0.2) is 34.3 Å². The summed E-state index contributed by atoms with van der Waals surface area (Å²) in [5.41, 5.74) is 0.707. The van der Waals surface area contributed by atoms with E-state index in [0.717, 1.165) is 18.7 Å². The van der Waals surface area contributed by atoms with Crippen LogP contribution < -0.4 is 0 Å². The molecule has 0 N–H and O–H groups in total. The third-order valence-electron chi connectivity index (χ3n) is 2.67. The van der Waals surface area contributed by atoms with Gasteiger partial charge in [0.05, 0.1) is 6.20 Å². The number of nitrogens with zero attached hydrogens (tertiary/aromatic N) is 3. The molecule has 4 heteroatoms. The number of hydrogen-bond donors (Lipinski definition) is 0. The molecule has 1 aromatic heterocycles. The molecule has 1 fully saturated rings. The Labute approximate surface area is 95.6 Å². The predicted octanol–water partition coefficient (Wildman–Crippen LogP) is 1.78. The fraction of sp³-hybridized carbons (Fsp3) is 0.500. The fourth-order valence-electron chi connectivity index (χ4n) is 1.73. The van der Waals surface area contributed by atoms with Gasteiger partial charge in [0.2, 0.25) is 5.78 Å². The van der Waals surface area contributed by atoms with Gasteiger partial charge < -0.3 is 9.47 Å². The lowest BCUT2D eigenvalue weighted by molar-refractivity contribution is 0.103. The molecule has 1 heterocycles. The number of allylic oxidation sites excluding steroid dienone is 1. The van der Waals surface area contributed by atoms with Crippen molar-refractivity contribution < 1.29 is 4.79 Å². The van der Waals surface area contributed by atoms with Crippen molar-refractivity contribution in [3.05, 3.63) is 30.0 Å². The summed E-state index contributed by atoms with van der Waals surface area (Å²) in [5.74, 6) is 0.963. The highest BCUT2D eigenvalue weighted by Gasteiger charge is 2.28. The molecule has 86 valence electrons. The molecule has 0 aliphatic heterocycles. The van der Waals surface area contributed by atoms with Crippen LogP contribution in [0.2, 0.25) is 0 Å². The summed E-state index contributed by atoms with van der Waals surface area (Å²) < 4.78 is 2.06. The van der Waals surface area contributed by atoms with Gasteiger partial charge in [-0.1, -0.05) is 0 Å². The van der Waals surface area contributed by atoms with Gasteiger partial charge in [0, 0.05) is 32.4 Å². The summed E-state index contributed by atoms with van der Waals surface area (Å²) in [6, 6.07) is 0.495. The first-order chi connectivity index (χ1) is 7.59. The van der Waals surface area contributed by atoms with Crippen molar-refractivity contribution in [3.8, 4) is 0 Å². The highest BCUT2D eigenvalue weighted by atomic mass is 16.1. The van der Waals surface area contributed by atoms with Crippen LogP contribution in [-0.2, 0) is 0 Å². The molecule has 0 aromatic carbocycles. The lowest BCUT2D eigenvalue weighted by atomic mass is 10.3. The van der Waals surface area contributed by atoms with Gasteiger partial charge in [-0.3, -0.25) is 4.79 Å². The van der Waals surface area contributed by atoms with E-state index >= 15 is 0 Å². The SMILES string of the molecule is Cc1ncc(C(=O)C=CN(C)C)n1C1CC1. The molecule has 0 spiro atoms. The summed E-state index contributed by atoms with van der Waals surface area (Å²) in [5, 5.41) is 0. The van der Waals surface area contributed by atoms with Gasteiger partial charge in [0.25, 0.3) is 0 Å². The number of hydrogen-bond acceptors (Lipinski definition) is 3. The van der Waals surface area contributed by atoms with E-state index in [1.807, 2.05) is 25.9 Å². The maximum absolute atomic E-state index is 11.9. The van der Waals surface area contributed by atoms with E-state index in [0.29, 0.717) is 11.7 Å². The van der Waals surface area contributed by atoms with Crippen LogP contribution in [0.5, 0.6) is 0 Å². The smallest absolute Gasteiger partial charge is 0.205 e. The van der Waals surface area contributed by atoms with Crippen LogP contribution >= 0.6 is 0 Å². The first kappa shape index (κ1) is 10.9. The molecule has 0 unspecified atom stereocenters. The molecule has 0 amide bonds. The Kier molecular flexibility index (Phi) is 2.81. The van der Waals surface area contributed by atoms with Gasteiger partial charge in [0.15, 0.2) is 0 Å². The van der Waals surface area contributed by atoms with E-state index in [2.05, 4.69) is 9.55 Å². The van der Waals surface area contributed by atoms with Crippen molar-refractivity contribution in [2.24, 2.45) is 0 Å². The molecular formula is C12H17N3O. The number of imidazole rings is 1. The monoisotopic (exact) mass is 219 g/mol. The third kappa shape index (κ3) is 2.15. The van der Waals surface area contributed by atoms with E-state index < -0.39 is 0 Å². The van der Waals surface area contributed by atoms with Crippen molar-refractivity contribution in [3.63, 3.8) is 0 Å².